The van der Waals surface area contributed by atoms with Crippen molar-refractivity contribution in [3.8, 4) is 22.6 Å². The van der Waals surface area contributed by atoms with Gasteiger partial charge in [0.1, 0.15) is 17.8 Å². The predicted octanol–water partition coefficient (Wildman–Crippen LogP) is 2.93. The van der Waals surface area contributed by atoms with Crippen LogP contribution in [0.15, 0.2) is 29.1 Å². The highest BCUT2D eigenvalue weighted by molar-refractivity contribution is 5.93. The summed E-state index contributed by atoms with van der Waals surface area (Å²) in [6.45, 7) is 4.63. The van der Waals surface area contributed by atoms with Crippen molar-refractivity contribution in [3.05, 3.63) is 30.2 Å². The highest BCUT2D eigenvalue weighted by atomic mass is 16.5. The van der Waals surface area contributed by atoms with Gasteiger partial charge in [-0.1, -0.05) is 5.16 Å². The van der Waals surface area contributed by atoms with Crippen molar-refractivity contribution < 1.29 is 23.5 Å². The first-order chi connectivity index (χ1) is 10.2. The molecule has 0 saturated heterocycles. The van der Waals surface area contributed by atoms with Gasteiger partial charge in [0.05, 0.1) is 37.6 Å². The van der Waals surface area contributed by atoms with Gasteiger partial charge in [-0.3, -0.25) is 0 Å². The Hall–Kier alpha value is -2.50. The number of methoxy groups -OCH3 is 1. The van der Waals surface area contributed by atoms with Gasteiger partial charge in [-0.2, -0.15) is 0 Å². The molecule has 0 radical (unpaired) electrons. The number of aromatic nitrogens is 1. The molecule has 1 aromatic heterocycles. The van der Waals surface area contributed by atoms with Gasteiger partial charge < -0.3 is 18.7 Å². The Morgan fingerprint density at radius 1 is 1.19 bits per heavy atom. The summed E-state index contributed by atoms with van der Waals surface area (Å²) in [6.07, 6.45) is 3.07. The quantitative estimate of drug-likeness (QED) is 0.762. The Morgan fingerprint density at radius 3 is 2.24 bits per heavy atom. The third-order valence-corrected chi connectivity index (χ3v) is 2.81. The SMILES string of the molecule is CCOc1cc(C(=O)OC)cc(OCC)c1-c1cnoc1. The molecule has 6 heteroatoms. The van der Waals surface area contributed by atoms with Gasteiger partial charge in [0, 0.05) is 5.56 Å². The van der Waals surface area contributed by atoms with Crippen molar-refractivity contribution in [1.29, 1.82) is 0 Å². The number of carbonyl (C=O) groups is 1. The Balaban J connectivity index is 2.62. The van der Waals surface area contributed by atoms with E-state index in [-0.39, 0.29) is 0 Å². The molecule has 0 amide bonds. The lowest BCUT2D eigenvalue weighted by Gasteiger charge is -2.15. The van der Waals surface area contributed by atoms with Crippen molar-refractivity contribution in [2.45, 2.75) is 13.8 Å². The van der Waals surface area contributed by atoms with Gasteiger partial charge in [-0.15, -0.1) is 0 Å². The van der Waals surface area contributed by atoms with Crippen LogP contribution in [0.5, 0.6) is 11.5 Å². The molecular formula is C15H17NO5. The van der Waals surface area contributed by atoms with E-state index < -0.39 is 5.97 Å². The van der Waals surface area contributed by atoms with Crippen molar-refractivity contribution in [2.75, 3.05) is 20.3 Å². The highest BCUT2D eigenvalue weighted by Crippen LogP contribution is 2.40. The van der Waals surface area contributed by atoms with E-state index in [9.17, 15) is 4.79 Å². The van der Waals surface area contributed by atoms with Crippen molar-refractivity contribution >= 4 is 5.97 Å². The normalized spacial score (nSPS) is 10.2. The van der Waals surface area contributed by atoms with Crippen LogP contribution in [-0.2, 0) is 4.74 Å². The van der Waals surface area contributed by atoms with Crippen LogP contribution in [0.3, 0.4) is 0 Å². The average molecular weight is 291 g/mol. The Labute approximate surface area is 122 Å². The molecule has 0 spiro atoms. The molecule has 0 saturated carbocycles. The van der Waals surface area contributed by atoms with E-state index in [0.29, 0.717) is 35.8 Å². The molecule has 2 rings (SSSR count). The summed E-state index contributed by atoms with van der Waals surface area (Å²) in [5, 5.41) is 3.70. The summed E-state index contributed by atoms with van der Waals surface area (Å²) in [5.74, 6) is 0.591. The minimum atomic E-state index is -0.450. The van der Waals surface area contributed by atoms with Gasteiger partial charge in [-0.25, -0.2) is 4.79 Å². The first-order valence-electron chi connectivity index (χ1n) is 6.62. The molecule has 112 valence electrons. The number of hydrogen-bond acceptors (Lipinski definition) is 6. The van der Waals surface area contributed by atoms with Crippen molar-refractivity contribution in [3.63, 3.8) is 0 Å². The molecule has 0 unspecified atom stereocenters. The number of benzene rings is 1. The molecule has 0 atom stereocenters. The molecule has 0 N–H and O–H groups in total. The summed E-state index contributed by atoms with van der Waals surface area (Å²) >= 11 is 0. The largest absolute Gasteiger partial charge is 0.493 e. The molecule has 0 aliphatic rings. The van der Waals surface area contributed by atoms with Crippen LogP contribution < -0.4 is 9.47 Å². The zero-order chi connectivity index (χ0) is 15.2. The second-order valence-electron chi connectivity index (χ2n) is 4.12. The molecule has 1 aromatic carbocycles. The molecule has 0 bridgehead atoms. The number of esters is 1. The zero-order valence-corrected chi connectivity index (χ0v) is 12.2. The molecule has 6 nitrogen and oxygen atoms in total. The summed E-state index contributed by atoms with van der Waals surface area (Å²) < 4.78 is 20.9. The lowest BCUT2D eigenvalue weighted by Crippen LogP contribution is -2.05. The van der Waals surface area contributed by atoms with Crippen molar-refractivity contribution in [1.82, 2.24) is 5.16 Å². The summed E-state index contributed by atoms with van der Waals surface area (Å²) in [5.41, 5.74) is 1.79. The minimum Gasteiger partial charge on any atom is -0.493 e. The van der Waals surface area contributed by atoms with E-state index in [4.69, 9.17) is 18.7 Å². The van der Waals surface area contributed by atoms with Crippen LogP contribution in [-0.4, -0.2) is 31.4 Å². The lowest BCUT2D eigenvalue weighted by atomic mass is 10.0. The zero-order valence-electron chi connectivity index (χ0n) is 12.2. The Kier molecular flexibility index (Phi) is 4.81. The summed E-state index contributed by atoms with van der Waals surface area (Å²) in [7, 11) is 1.33. The monoisotopic (exact) mass is 291 g/mol. The maximum atomic E-state index is 11.8. The number of ether oxygens (including phenoxy) is 3. The Morgan fingerprint density at radius 2 is 1.81 bits per heavy atom. The van der Waals surface area contributed by atoms with Gasteiger partial charge in [0.2, 0.25) is 0 Å². The first kappa shape index (κ1) is 14.9. The van der Waals surface area contributed by atoms with E-state index in [1.807, 2.05) is 13.8 Å². The third kappa shape index (κ3) is 3.16. The number of rotatable bonds is 6. The molecule has 0 fully saturated rings. The standard InChI is InChI=1S/C15H17NO5/c1-4-19-12-6-10(15(17)18-3)7-13(20-5-2)14(12)11-8-16-21-9-11/h6-9H,4-5H2,1-3H3. The van der Waals surface area contributed by atoms with E-state index >= 15 is 0 Å². The van der Waals surface area contributed by atoms with Crippen LogP contribution >= 0.6 is 0 Å². The molecular weight excluding hydrogens is 274 g/mol. The number of hydrogen-bond donors (Lipinski definition) is 0. The molecule has 0 aliphatic carbocycles. The topological polar surface area (TPSA) is 70.8 Å². The summed E-state index contributed by atoms with van der Waals surface area (Å²) in [4.78, 5) is 11.8. The van der Waals surface area contributed by atoms with Crippen LogP contribution in [0, 0.1) is 0 Å². The van der Waals surface area contributed by atoms with Crippen LogP contribution in [0.4, 0.5) is 0 Å². The Bertz CT molecular complexity index is 580. The predicted molar refractivity (Wildman–Crippen MR) is 75.6 cm³/mol. The van der Waals surface area contributed by atoms with Gasteiger partial charge in [-0.05, 0) is 26.0 Å². The fourth-order valence-corrected chi connectivity index (χ4v) is 1.98. The number of carbonyl (C=O) groups excluding carboxylic acids is 1. The molecule has 0 aliphatic heterocycles. The van der Waals surface area contributed by atoms with Crippen LogP contribution in [0.1, 0.15) is 24.2 Å². The summed E-state index contributed by atoms with van der Waals surface area (Å²) in [6, 6.07) is 3.25. The average Bonchev–Trinajstić information content (AvgIpc) is 3.00. The lowest BCUT2D eigenvalue weighted by molar-refractivity contribution is 0.0599. The maximum Gasteiger partial charge on any atom is 0.338 e. The third-order valence-electron chi connectivity index (χ3n) is 2.81. The first-order valence-corrected chi connectivity index (χ1v) is 6.62. The second kappa shape index (κ2) is 6.78. The van der Waals surface area contributed by atoms with Gasteiger partial charge in [0.25, 0.3) is 0 Å². The molecule has 2 aromatic rings. The minimum absolute atomic E-state index is 0.365. The second-order valence-corrected chi connectivity index (χ2v) is 4.12. The molecule has 1 heterocycles. The van der Waals surface area contributed by atoms with Crippen LogP contribution in [0.2, 0.25) is 0 Å². The van der Waals surface area contributed by atoms with Gasteiger partial charge >= 0.3 is 5.97 Å². The highest BCUT2D eigenvalue weighted by Gasteiger charge is 2.19. The van der Waals surface area contributed by atoms with E-state index in [1.165, 1.54) is 13.4 Å². The van der Waals surface area contributed by atoms with Crippen LogP contribution in [0.25, 0.3) is 11.1 Å². The maximum absolute atomic E-state index is 11.8. The van der Waals surface area contributed by atoms with E-state index in [1.54, 1.807) is 18.3 Å². The number of nitrogens with zero attached hydrogens (tertiary/aromatic N) is 1. The van der Waals surface area contributed by atoms with E-state index in [2.05, 4.69) is 5.16 Å². The van der Waals surface area contributed by atoms with E-state index in [0.717, 1.165) is 5.56 Å². The fourth-order valence-electron chi connectivity index (χ4n) is 1.98. The smallest absolute Gasteiger partial charge is 0.338 e. The van der Waals surface area contributed by atoms with Crippen molar-refractivity contribution in [2.24, 2.45) is 0 Å². The molecule has 21 heavy (non-hydrogen) atoms. The fraction of sp³-hybridized carbons (Fsp3) is 0.333. The van der Waals surface area contributed by atoms with Gasteiger partial charge in [0.15, 0.2) is 0 Å².